The van der Waals surface area contributed by atoms with Crippen molar-refractivity contribution >= 4 is 39.7 Å². The summed E-state index contributed by atoms with van der Waals surface area (Å²) in [4.78, 5) is 25.7. The van der Waals surface area contributed by atoms with E-state index in [1.165, 1.54) is 23.3 Å². The third-order valence-corrected chi connectivity index (χ3v) is 6.91. The van der Waals surface area contributed by atoms with Crippen molar-refractivity contribution in [2.75, 3.05) is 26.2 Å². The Kier molecular flexibility index (Phi) is 7.47. The quantitative estimate of drug-likeness (QED) is 0.259. The van der Waals surface area contributed by atoms with E-state index < -0.39 is 9.85 Å². The van der Waals surface area contributed by atoms with Gasteiger partial charge in [0.05, 0.1) is 20.8 Å². The predicted molar refractivity (Wildman–Crippen MR) is 130 cm³/mol. The van der Waals surface area contributed by atoms with E-state index in [1.807, 2.05) is 4.90 Å². The monoisotopic (exact) mass is 474 g/mol. The Morgan fingerprint density at radius 1 is 1.00 bits per heavy atom. The summed E-state index contributed by atoms with van der Waals surface area (Å²) in [5.74, 6) is 0. The van der Waals surface area contributed by atoms with Gasteiger partial charge < -0.3 is 4.90 Å². The topological polar surface area (TPSA) is 92.8 Å². The maximum Gasteiger partial charge on any atom is 0.290 e. The minimum Gasteiger partial charge on any atom is -0.355 e. The first kappa shape index (κ1) is 24.1. The minimum absolute atomic E-state index is 0.135. The highest BCUT2D eigenvalue weighted by molar-refractivity contribution is 8.23. The number of thiocarbonyl (C=S) groups is 1. The largest absolute Gasteiger partial charge is 0.355 e. The first-order chi connectivity index (χ1) is 15.0. The fourth-order valence-electron chi connectivity index (χ4n) is 3.46. The van der Waals surface area contributed by atoms with E-state index in [9.17, 15) is 20.2 Å². The number of benzene rings is 2. The standard InChI is InChI=1S/C22H26N4O4S2/c1-22(2,3)17-6-4-16(5-7-17)15-23-10-12-24(13-11-23)21(31)32-20-9-8-18(25(27)28)14-19(20)26(29)30/h4-9,14H,10-13,15H2,1-3H3. The first-order valence-corrected chi connectivity index (χ1v) is 11.5. The van der Waals surface area contributed by atoms with Gasteiger partial charge in [0.15, 0.2) is 0 Å². The summed E-state index contributed by atoms with van der Waals surface area (Å²) < 4.78 is 0.538. The second-order valence-electron chi connectivity index (χ2n) is 8.74. The summed E-state index contributed by atoms with van der Waals surface area (Å²) in [5.41, 5.74) is 2.11. The number of hydrogen-bond donors (Lipinski definition) is 0. The molecule has 10 heteroatoms. The average Bonchev–Trinajstić information content (AvgIpc) is 2.74. The zero-order chi connectivity index (χ0) is 23.5. The molecule has 8 nitrogen and oxygen atoms in total. The van der Waals surface area contributed by atoms with Gasteiger partial charge in [-0.3, -0.25) is 25.1 Å². The molecule has 32 heavy (non-hydrogen) atoms. The second-order valence-corrected chi connectivity index (χ2v) is 10.4. The predicted octanol–water partition coefficient (Wildman–Crippen LogP) is 5.00. The van der Waals surface area contributed by atoms with Gasteiger partial charge in [0.2, 0.25) is 0 Å². The van der Waals surface area contributed by atoms with Gasteiger partial charge in [-0.1, -0.05) is 69.0 Å². The van der Waals surface area contributed by atoms with Crippen LogP contribution in [0.5, 0.6) is 0 Å². The van der Waals surface area contributed by atoms with E-state index in [-0.39, 0.29) is 16.8 Å². The van der Waals surface area contributed by atoms with E-state index >= 15 is 0 Å². The van der Waals surface area contributed by atoms with Crippen molar-refractivity contribution in [3.05, 3.63) is 73.8 Å². The van der Waals surface area contributed by atoms with Gasteiger partial charge in [0.1, 0.15) is 4.32 Å². The normalized spacial score (nSPS) is 14.9. The van der Waals surface area contributed by atoms with Crippen LogP contribution in [0.1, 0.15) is 31.9 Å². The molecule has 1 saturated heterocycles. The lowest BCUT2D eigenvalue weighted by molar-refractivity contribution is -0.396. The zero-order valence-electron chi connectivity index (χ0n) is 18.3. The highest BCUT2D eigenvalue weighted by Gasteiger charge is 2.24. The summed E-state index contributed by atoms with van der Waals surface area (Å²) in [6.45, 7) is 10.6. The van der Waals surface area contributed by atoms with E-state index in [4.69, 9.17) is 12.2 Å². The van der Waals surface area contributed by atoms with Gasteiger partial charge >= 0.3 is 0 Å². The summed E-state index contributed by atoms with van der Waals surface area (Å²) in [6, 6.07) is 12.4. The molecular weight excluding hydrogens is 448 g/mol. The molecule has 170 valence electrons. The summed E-state index contributed by atoms with van der Waals surface area (Å²) in [6.07, 6.45) is 0. The summed E-state index contributed by atoms with van der Waals surface area (Å²) in [5, 5.41) is 22.3. The van der Waals surface area contributed by atoms with Crippen LogP contribution >= 0.6 is 24.0 Å². The Morgan fingerprint density at radius 3 is 2.16 bits per heavy atom. The van der Waals surface area contributed by atoms with Crippen LogP contribution in [0.15, 0.2) is 47.4 Å². The van der Waals surface area contributed by atoms with Crippen LogP contribution in [0.25, 0.3) is 0 Å². The fraction of sp³-hybridized carbons (Fsp3) is 0.409. The number of thioether (sulfide) groups is 1. The number of nitro benzene ring substituents is 2. The van der Waals surface area contributed by atoms with Crippen LogP contribution in [0.3, 0.4) is 0 Å². The van der Waals surface area contributed by atoms with Crippen LogP contribution in [-0.4, -0.2) is 50.1 Å². The van der Waals surface area contributed by atoms with E-state index in [2.05, 4.69) is 49.9 Å². The lowest BCUT2D eigenvalue weighted by Crippen LogP contribution is -2.47. The molecule has 1 heterocycles. The Hall–Kier alpha value is -2.56. The van der Waals surface area contributed by atoms with E-state index in [0.717, 1.165) is 50.6 Å². The molecule has 0 N–H and O–H groups in total. The number of non-ortho nitro benzene ring substituents is 1. The first-order valence-electron chi connectivity index (χ1n) is 10.3. The molecule has 0 radical (unpaired) electrons. The Labute approximate surface area is 196 Å². The molecule has 0 spiro atoms. The lowest BCUT2D eigenvalue weighted by atomic mass is 9.87. The minimum atomic E-state index is -0.643. The number of nitro groups is 2. The second kappa shape index (κ2) is 9.93. The Bertz CT molecular complexity index is 1010. The molecule has 3 rings (SSSR count). The van der Waals surface area contributed by atoms with Gasteiger partial charge in [-0.2, -0.15) is 0 Å². The third kappa shape index (κ3) is 6.02. The molecule has 2 aromatic carbocycles. The molecule has 2 aromatic rings. The molecule has 0 saturated carbocycles. The highest BCUT2D eigenvalue weighted by Crippen LogP contribution is 2.34. The van der Waals surface area contributed by atoms with E-state index in [0.29, 0.717) is 9.22 Å². The molecular formula is C22H26N4O4S2. The van der Waals surface area contributed by atoms with Crippen LogP contribution in [0.2, 0.25) is 0 Å². The van der Waals surface area contributed by atoms with Crippen LogP contribution in [-0.2, 0) is 12.0 Å². The van der Waals surface area contributed by atoms with Gasteiger partial charge in [-0.15, -0.1) is 0 Å². The van der Waals surface area contributed by atoms with Crippen LogP contribution in [0, 0.1) is 20.2 Å². The molecule has 0 atom stereocenters. The number of hydrogen-bond acceptors (Lipinski definition) is 7. The smallest absolute Gasteiger partial charge is 0.290 e. The van der Waals surface area contributed by atoms with Gasteiger partial charge in [0.25, 0.3) is 11.4 Å². The molecule has 0 aliphatic carbocycles. The van der Waals surface area contributed by atoms with Gasteiger partial charge in [-0.05, 0) is 22.6 Å². The molecule has 0 aromatic heterocycles. The molecule has 1 fully saturated rings. The average molecular weight is 475 g/mol. The van der Waals surface area contributed by atoms with Crippen molar-refractivity contribution in [2.45, 2.75) is 37.6 Å². The Morgan fingerprint density at radius 2 is 1.62 bits per heavy atom. The lowest BCUT2D eigenvalue weighted by Gasteiger charge is -2.35. The fourth-order valence-corrected chi connectivity index (χ4v) is 4.79. The van der Waals surface area contributed by atoms with Crippen molar-refractivity contribution in [3.63, 3.8) is 0 Å². The van der Waals surface area contributed by atoms with Crippen LogP contribution in [0.4, 0.5) is 11.4 Å². The molecule has 0 amide bonds. The zero-order valence-corrected chi connectivity index (χ0v) is 19.9. The Balaban J connectivity index is 1.57. The van der Waals surface area contributed by atoms with E-state index in [1.54, 1.807) is 0 Å². The molecule has 1 aliphatic rings. The van der Waals surface area contributed by atoms with Crippen molar-refractivity contribution in [3.8, 4) is 0 Å². The van der Waals surface area contributed by atoms with Crippen LogP contribution < -0.4 is 0 Å². The number of nitrogens with zero attached hydrogens (tertiary/aromatic N) is 4. The van der Waals surface area contributed by atoms with Crippen molar-refractivity contribution in [2.24, 2.45) is 0 Å². The summed E-state index contributed by atoms with van der Waals surface area (Å²) >= 11 is 6.63. The SMILES string of the molecule is CC(C)(C)c1ccc(CN2CCN(C(=S)Sc3ccc([N+](=O)[O-])cc3[N+](=O)[O-])CC2)cc1. The van der Waals surface area contributed by atoms with Gasteiger partial charge in [-0.25, -0.2) is 0 Å². The molecule has 1 aliphatic heterocycles. The molecule has 0 unspecified atom stereocenters. The van der Waals surface area contributed by atoms with Crippen molar-refractivity contribution in [1.82, 2.24) is 9.80 Å². The summed E-state index contributed by atoms with van der Waals surface area (Å²) in [7, 11) is 0. The number of rotatable bonds is 5. The maximum absolute atomic E-state index is 11.4. The highest BCUT2D eigenvalue weighted by atomic mass is 32.2. The van der Waals surface area contributed by atoms with Crippen molar-refractivity contribution < 1.29 is 9.85 Å². The third-order valence-electron chi connectivity index (χ3n) is 5.40. The number of piperazine rings is 1. The maximum atomic E-state index is 11.4. The van der Waals surface area contributed by atoms with Crippen molar-refractivity contribution in [1.29, 1.82) is 0 Å². The molecule has 0 bridgehead atoms. The van der Waals surface area contributed by atoms with Gasteiger partial charge in [0, 0.05) is 38.8 Å².